The smallest absolute Gasteiger partial charge is 0.416 e. The molecule has 0 N–H and O–H groups in total. The molecule has 1 saturated heterocycles. The number of ether oxygens (including phenoxy) is 4. The Balaban J connectivity index is 1.52. The molecule has 42 heavy (non-hydrogen) atoms. The maximum atomic E-state index is 13.3. The second-order valence-electron chi connectivity index (χ2n) is 10.0. The van der Waals surface area contributed by atoms with Gasteiger partial charge in [0.15, 0.2) is 23.0 Å². The van der Waals surface area contributed by atoms with Crippen LogP contribution in [0.5, 0.6) is 23.0 Å². The third-order valence-corrected chi connectivity index (χ3v) is 7.68. The molecular formula is C31H35F3N4O4. The average Bonchev–Trinajstić information content (AvgIpc) is 3.36. The van der Waals surface area contributed by atoms with Gasteiger partial charge in [0.1, 0.15) is 0 Å². The summed E-state index contributed by atoms with van der Waals surface area (Å²) >= 11 is 0. The van der Waals surface area contributed by atoms with Crippen molar-refractivity contribution in [2.75, 3.05) is 64.4 Å². The Morgan fingerprint density at radius 1 is 0.786 bits per heavy atom. The highest BCUT2D eigenvalue weighted by Crippen LogP contribution is 2.46. The van der Waals surface area contributed by atoms with Crippen molar-refractivity contribution < 1.29 is 32.1 Å². The third kappa shape index (κ3) is 5.47. The van der Waals surface area contributed by atoms with Crippen molar-refractivity contribution in [1.29, 1.82) is 0 Å². The first-order valence-electron chi connectivity index (χ1n) is 13.7. The van der Waals surface area contributed by atoms with Crippen molar-refractivity contribution in [1.82, 2.24) is 9.78 Å². The number of piperazine rings is 1. The zero-order valence-corrected chi connectivity index (χ0v) is 24.4. The fraction of sp³-hybridized carbons (Fsp3) is 0.387. The van der Waals surface area contributed by atoms with Crippen LogP contribution in [-0.2, 0) is 19.1 Å². The van der Waals surface area contributed by atoms with Crippen LogP contribution in [0.25, 0.3) is 10.9 Å². The summed E-state index contributed by atoms with van der Waals surface area (Å²) in [6.45, 7) is 4.82. The Bertz CT molecular complexity index is 1560. The number of alkyl halides is 3. The number of benzene rings is 3. The van der Waals surface area contributed by atoms with Crippen molar-refractivity contribution in [2.45, 2.75) is 26.1 Å². The number of nitrogens with zero attached hydrogens (tertiary/aromatic N) is 4. The minimum atomic E-state index is -4.38. The van der Waals surface area contributed by atoms with Crippen LogP contribution in [0.15, 0.2) is 48.5 Å². The van der Waals surface area contributed by atoms with E-state index in [0.717, 1.165) is 33.9 Å². The molecule has 224 valence electrons. The molecule has 0 bridgehead atoms. The Morgan fingerprint density at radius 2 is 1.48 bits per heavy atom. The van der Waals surface area contributed by atoms with Gasteiger partial charge in [-0.3, -0.25) is 4.68 Å². The van der Waals surface area contributed by atoms with E-state index in [1.54, 1.807) is 34.5 Å². The van der Waals surface area contributed by atoms with Crippen LogP contribution in [0.1, 0.15) is 23.7 Å². The van der Waals surface area contributed by atoms with Gasteiger partial charge in [-0.05, 0) is 42.3 Å². The molecule has 2 heterocycles. The molecule has 11 heteroatoms. The monoisotopic (exact) mass is 584 g/mol. The van der Waals surface area contributed by atoms with E-state index in [9.17, 15) is 13.2 Å². The standard InChI is InChI=1S/C31H35F3N4O4/c1-6-23-28-24(38(35-23)19-20-10-11-25(39-2)26(16-20)40-3)18-27(41-4)30(42-5)29(28)37-14-12-36(13-15-37)22-9-7-8-21(17-22)31(32,33)34/h7-11,16-18H,6,12-15,19H2,1-5H3. The fourth-order valence-corrected chi connectivity index (χ4v) is 5.59. The number of hydrogen-bond acceptors (Lipinski definition) is 7. The number of aryl methyl sites for hydroxylation is 1. The molecule has 5 rings (SSSR count). The lowest BCUT2D eigenvalue weighted by molar-refractivity contribution is -0.137. The molecule has 0 saturated carbocycles. The van der Waals surface area contributed by atoms with Crippen LogP contribution in [0.3, 0.4) is 0 Å². The van der Waals surface area contributed by atoms with Gasteiger partial charge in [0.05, 0.1) is 62.8 Å². The maximum Gasteiger partial charge on any atom is 0.416 e. The summed E-state index contributed by atoms with van der Waals surface area (Å²) in [5.74, 6) is 2.48. The maximum absolute atomic E-state index is 13.3. The number of hydrogen-bond donors (Lipinski definition) is 0. The number of anilines is 2. The third-order valence-electron chi connectivity index (χ3n) is 7.68. The van der Waals surface area contributed by atoms with Crippen molar-refractivity contribution in [2.24, 2.45) is 0 Å². The fourth-order valence-electron chi connectivity index (χ4n) is 5.59. The normalized spacial score (nSPS) is 13.9. The quantitative estimate of drug-likeness (QED) is 0.238. The number of aromatic nitrogens is 2. The largest absolute Gasteiger partial charge is 0.493 e. The van der Waals surface area contributed by atoms with Crippen LogP contribution < -0.4 is 28.7 Å². The molecule has 4 aromatic rings. The zero-order chi connectivity index (χ0) is 30.0. The van der Waals surface area contributed by atoms with E-state index in [-0.39, 0.29) is 0 Å². The molecule has 1 aromatic heterocycles. The van der Waals surface area contributed by atoms with E-state index in [4.69, 9.17) is 24.0 Å². The topological polar surface area (TPSA) is 61.2 Å². The number of rotatable bonds is 9. The Morgan fingerprint density at radius 3 is 2.10 bits per heavy atom. The van der Waals surface area contributed by atoms with Crippen LogP contribution in [0, 0.1) is 0 Å². The van der Waals surface area contributed by atoms with Gasteiger partial charge < -0.3 is 28.7 Å². The van der Waals surface area contributed by atoms with E-state index in [1.807, 2.05) is 33.8 Å². The SMILES string of the molecule is CCc1nn(Cc2ccc(OC)c(OC)c2)c2cc(OC)c(OC)c(N3CCN(c4cccc(C(F)(F)F)c4)CC3)c12. The van der Waals surface area contributed by atoms with Gasteiger partial charge in [-0.15, -0.1) is 0 Å². The van der Waals surface area contributed by atoms with Gasteiger partial charge in [0.2, 0.25) is 0 Å². The average molecular weight is 585 g/mol. The second-order valence-corrected chi connectivity index (χ2v) is 10.0. The van der Waals surface area contributed by atoms with E-state index in [2.05, 4.69) is 11.8 Å². The molecule has 8 nitrogen and oxygen atoms in total. The summed E-state index contributed by atoms with van der Waals surface area (Å²) in [6.07, 6.45) is -3.69. The van der Waals surface area contributed by atoms with Gasteiger partial charge in [-0.1, -0.05) is 19.1 Å². The number of halogens is 3. The Labute approximate surface area is 243 Å². The highest BCUT2D eigenvalue weighted by Gasteiger charge is 2.32. The lowest BCUT2D eigenvalue weighted by Gasteiger charge is -2.38. The minimum Gasteiger partial charge on any atom is -0.493 e. The highest BCUT2D eigenvalue weighted by molar-refractivity contribution is 6.00. The zero-order valence-electron chi connectivity index (χ0n) is 24.4. The first kappa shape index (κ1) is 29.2. The molecule has 0 atom stereocenters. The lowest BCUT2D eigenvalue weighted by Crippen LogP contribution is -2.46. The summed E-state index contributed by atoms with van der Waals surface area (Å²) in [5.41, 5.74) is 3.60. The lowest BCUT2D eigenvalue weighted by atomic mass is 10.1. The summed E-state index contributed by atoms with van der Waals surface area (Å²) in [7, 11) is 6.43. The molecule has 0 amide bonds. The van der Waals surface area contributed by atoms with Gasteiger partial charge in [0.25, 0.3) is 0 Å². The van der Waals surface area contributed by atoms with E-state index >= 15 is 0 Å². The summed E-state index contributed by atoms with van der Waals surface area (Å²) in [4.78, 5) is 4.20. The summed E-state index contributed by atoms with van der Waals surface area (Å²) < 4.78 is 64.5. The molecule has 0 unspecified atom stereocenters. The van der Waals surface area contributed by atoms with Gasteiger partial charge >= 0.3 is 6.18 Å². The second kappa shape index (κ2) is 11.9. The Hall–Kier alpha value is -4.28. The first-order valence-corrected chi connectivity index (χ1v) is 13.7. The van der Waals surface area contributed by atoms with E-state index < -0.39 is 11.7 Å². The molecular weight excluding hydrogens is 549 g/mol. The molecule has 3 aromatic carbocycles. The summed E-state index contributed by atoms with van der Waals surface area (Å²) in [6, 6.07) is 13.2. The Kier molecular flexibility index (Phi) is 8.29. The number of methoxy groups -OCH3 is 4. The summed E-state index contributed by atoms with van der Waals surface area (Å²) in [5, 5.41) is 5.97. The minimum absolute atomic E-state index is 0.495. The molecule has 0 spiro atoms. The molecule has 0 aliphatic carbocycles. The van der Waals surface area contributed by atoms with Gasteiger partial charge in [-0.2, -0.15) is 18.3 Å². The predicted molar refractivity (Wildman–Crippen MR) is 157 cm³/mol. The molecule has 1 fully saturated rings. The molecule has 0 radical (unpaired) electrons. The van der Waals surface area contributed by atoms with Crippen LogP contribution in [-0.4, -0.2) is 64.4 Å². The van der Waals surface area contributed by atoms with Gasteiger partial charge in [0, 0.05) is 37.9 Å². The van der Waals surface area contributed by atoms with Crippen molar-refractivity contribution >= 4 is 22.3 Å². The van der Waals surface area contributed by atoms with Crippen molar-refractivity contribution in [3.63, 3.8) is 0 Å². The van der Waals surface area contributed by atoms with E-state index in [1.165, 1.54) is 12.1 Å². The van der Waals surface area contributed by atoms with Crippen LogP contribution in [0.4, 0.5) is 24.5 Å². The van der Waals surface area contributed by atoms with E-state index in [0.29, 0.717) is 67.8 Å². The first-order chi connectivity index (χ1) is 20.2. The number of fused-ring (bicyclic) bond motifs is 1. The van der Waals surface area contributed by atoms with Crippen LogP contribution in [0.2, 0.25) is 0 Å². The van der Waals surface area contributed by atoms with Crippen molar-refractivity contribution in [3.05, 3.63) is 65.4 Å². The van der Waals surface area contributed by atoms with Gasteiger partial charge in [-0.25, -0.2) is 0 Å². The highest BCUT2D eigenvalue weighted by atomic mass is 19.4. The predicted octanol–water partition coefficient (Wildman–Crippen LogP) is 6.03. The molecule has 1 aliphatic rings. The van der Waals surface area contributed by atoms with Crippen LogP contribution >= 0.6 is 0 Å². The van der Waals surface area contributed by atoms with Crippen molar-refractivity contribution in [3.8, 4) is 23.0 Å². The molecule has 1 aliphatic heterocycles.